The highest BCUT2D eigenvalue weighted by atomic mass is 35.5. The van der Waals surface area contributed by atoms with Crippen molar-refractivity contribution in [3.63, 3.8) is 0 Å². The molecular formula is C29H32ClF2N7O4. The monoisotopic (exact) mass is 615 g/mol. The van der Waals surface area contributed by atoms with Crippen molar-refractivity contribution in [2.24, 2.45) is 5.92 Å². The molecule has 11 nitrogen and oxygen atoms in total. The number of hydrogen-bond acceptors (Lipinski definition) is 9. The molecule has 2 aromatic heterocycles. The largest absolute Gasteiger partial charge is 0.356 e. The van der Waals surface area contributed by atoms with E-state index in [0.29, 0.717) is 47.7 Å². The van der Waals surface area contributed by atoms with E-state index >= 15 is 0 Å². The number of nitrogens with one attached hydrogen (secondary N) is 1. The van der Waals surface area contributed by atoms with Crippen LogP contribution < -0.4 is 5.32 Å². The maximum absolute atomic E-state index is 13.7. The van der Waals surface area contributed by atoms with Gasteiger partial charge < -0.3 is 19.7 Å². The summed E-state index contributed by atoms with van der Waals surface area (Å²) in [6.07, 6.45) is 2.20. The highest BCUT2D eigenvalue weighted by Gasteiger charge is 2.30. The van der Waals surface area contributed by atoms with Crippen LogP contribution in [0.1, 0.15) is 39.2 Å². The summed E-state index contributed by atoms with van der Waals surface area (Å²) in [5.74, 6) is -1.09. The molecule has 43 heavy (non-hydrogen) atoms. The number of piperidine rings is 1. The summed E-state index contributed by atoms with van der Waals surface area (Å²) in [5, 5.41) is 25.2. The third kappa shape index (κ3) is 7.24. The predicted molar refractivity (Wildman–Crippen MR) is 157 cm³/mol. The second-order valence-corrected chi connectivity index (χ2v) is 11.9. The van der Waals surface area contributed by atoms with Crippen LogP contribution >= 0.6 is 11.6 Å². The second kappa shape index (κ2) is 12.4. The van der Waals surface area contributed by atoms with Crippen LogP contribution in [-0.2, 0) is 17.8 Å². The summed E-state index contributed by atoms with van der Waals surface area (Å²) in [6.45, 7) is 7.49. The summed E-state index contributed by atoms with van der Waals surface area (Å²) >= 11 is 6.53. The summed E-state index contributed by atoms with van der Waals surface area (Å²) in [5.41, 5.74) is 1.31. The highest BCUT2D eigenvalue weighted by molar-refractivity contribution is 6.33. The molecule has 2 aromatic carbocycles. The maximum Gasteiger partial charge on any atom is 0.270 e. The zero-order chi connectivity index (χ0) is 30.9. The van der Waals surface area contributed by atoms with E-state index in [1.165, 1.54) is 18.2 Å². The van der Waals surface area contributed by atoms with Crippen LogP contribution in [0.2, 0.25) is 5.02 Å². The zero-order valence-electron chi connectivity index (χ0n) is 23.9. The SMILES string of the molecule is CC(C)(C)OC(O)N1CCC[C@@H](Cn2c(-c3ccc([N+](=O)[O-])cc3Cl)nc3cnc(NCc4ccc(F)c(F)c4)nc32)C1. The molecule has 1 aliphatic rings. The number of imidazole rings is 1. The van der Waals surface area contributed by atoms with Gasteiger partial charge in [-0.2, -0.15) is 4.98 Å². The normalized spacial score (nSPS) is 16.9. The molecule has 0 saturated carbocycles. The van der Waals surface area contributed by atoms with Crippen LogP contribution in [0.4, 0.5) is 20.4 Å². The Bertz CT molecular complexity index is 1650. The fraction of sp³-hybridized carbons (Fsp3) is 0.414. The first-order valence-corrected chi connectivity index (χ1v) is 14.2. The number of nitro groups is 1. The van der Waals surface area contributed by atoms with Crippen molar-refractivity contribution in [2.75, 3.05) is 18.4 Å². The number of halogens is 3. The Kier molecular flexibility index (Phi) is 8.88. The van der Waals surface area contributed by atoms with Crippen LogP contribution in [0.25, 0.3) is 22.6 Å². The Labute approximate surface area is 251 Å². The van der Waals surface area contributed by atoms with Crippen molar-refractivity contribution in [3.05, 3.63) is 74.9 Å². The number of hydrogen-bond donors (Lipinski definition) is 2. The van der Waals surface area contributed by atoms with E-state index in [4.69, 9.17) is 26.3 Å². The summed E-state index contributed by atoms with van der Waals surface area (Å²) in [7, 11) is 0. The molecule has 1 fully saturated rings. The van der Waals surface area contributed by atoms with Gasteiger partial charge in [-0.15, -0.1) is 0 Å². The summed E-state index contributed by atoms with van der Waals surface area (Å²) in [6, 6.07) is 7.84. The van der Waals surface area contributed by atoms with Gasteiger partial charge in [0.05, 0.1) is 21.7 Å². The van der Waals surface area contributed by atoms with Crippen molar-refractivity contribution in [2.45, 2.75) is 58.7 Å². The van der Waals surface area contributed by atoms with Gasteiger partial charge in [-0.1, -0.05) is 17.7 Å². The number of anilines is 1. The minimum atomic E-state index is -1.06. The number of benzene rings is 2. The van der Waals surface area contributed by atoms with Crippen LogP contribution in [0, 0.1) is 27.7 Å². The molecule has 1 saturated heterocycles. The number of likely N-dealkylation sites (tertiary alicyclic amines) is 1. The Hall–Kier alpha value is -3.78. The molecule has 14 heteroatoms. The van der Waals surface area contributed by atoms with Gasteiger partial charge in [-0.25, -0.2) is 18.7 Å². The molecule has 0 spiro atoms. The predicted octanol–water partition coefficient (Wildman–Crippen LogP) is 5.75. The lowest BCUT2D eigenvalue weighted by Gasteiger charge is -2.38. The smallest absolute Gasteiger partial charge is 0.270 e. The van der Waals surface area contributed by atoms with E-state index in [0.717, 1.165) is 25.0 Å². The van der Waals surface area contributed by atoms with Crippen LogP contribution in [0.3, 0.4) is 0 Å². The quantitative estimate of drug-likeness (QED) is 0.137. The zero-order valence-corrected chi connectivity index (χ0v) is 24.7. The van der Waals surface area contributed by atoms with E-state index in [9.17, 15) is 24.0 Å². The lowest BCUT2D eigenvalue weighted by molar-refractivity contribution is -0.384. The first kappa shape index (κ1) is 30.7. The van der Waals surface area contributed by atoms with Gasteiger partial charge in [0.1, 0.15) is 11.3 Å². The molecular weight excluding hydrogens is 584 g/mol. The van der Waals surface area contributed by atoms with Crippen molar-refractivity contribution >= 4 is 34.4 Å². The lowest BCUT2D eigenvalue weighted by atomic mass is 9.98. The number of nitrogens with zero attached hydrogens (tertiary/aromatic N) is 6. The Balaban J connectivity index is 1.48. The molecule has 0 amide bonds. The number of nitro benzene ring substituents is 1. The topological polar surface area (TPSA) is 131 Å². The Morgan fingerprint density at radius 1 is 1.21 bits per heavy atom. The highest BCUT2D eigenvalue weighted by Crippen LogP contribution is 2.34. The van der Waals surface area contributed by atoms with Crippen molar-refractivity contribution in [1.29, 1.82) is 0 Å². The molecule has 2 N–H and O–H groups in total. The van der Waals surface area contributed by atoms with Crippen molar-refractivity contribution < 1.29 is 23.5 Å². The van der Waals surface area contributed by atoms with Gasteiger partial charge in [-0.3, -0.25) is 15.0 Å². The molecule has 0 radical (unpaired) electrons. The number of aromatic nitrogens is 4. The average Bonchev–Trinajstić information content (AvgIpc) is 3.29. The number of ether oxygens (including phenoxy) is 1. The molecule has 5 rings (SSSR count). The average molecular weight is 616 g/mol. The third-order valence-electron chi connectivity index (χ3n) is 7.09. The Morgan fingerprint density at radius 2 is 2.00 bits per heavy atom. The summed E-state index contributed by atoms with van der Waals surface area (Å²) < 4.78 is 34.7. The van der Waals surface area contributed by atoms with E-state index in [-0.39, 0.29) is 29.1 Å². The molecule has 0 aliphatic carbocycles. The summed E-state index contributed by atoms with van der Waals surface area (Å²) in [4.78, 5) is 26.5. The molecule has 2 atom stereocenters. The molecule has 228 valence electrons. The first-order valence-electron chi connectivity index (χ1n) is 13.8. The number of non-ortho nitro benzene ring substituents is 1. The van der Waals surface area contributed by atoms with E-state index < -0.39 is 28.6 Å². The standard InChI is InChI=1S/C29H32ClF2N7O4/c1-29(2,3)43-28(40)37-10-4-5-18(15-37)16-38-25(20-8-7-19(39(41)42)12-21(20)30)35-24-14-34-27(36-26(24)38)33-13-17-6-9-22(31)23(32)11-17/h6-9,11-12,14,18,28,40H,4-5,10,13,15-16H2,1-3H3,(H,33,34,36)/t18-,28?/m1/s1. The van der Waals surface area contributed by atoms with Gasteiger partial charge in [0.25, 0.3) is 5.69 Å². The van der Waals surface area contributed by atoms with Gasteiger partial charge in [-0.05, 0) is 63.3 Å². The molecule has 0 bridgehead atoms. The molecule has 1 aliphatic heterocycles. The van der Waals surface area contributed by atoms with Gasteiger partial charge in [0.15, 0.2) is 17.3 Å². The van der Waals surface area contributed by atoms with Crippen LogP contribution in [-0.4, -0.2) is 59.6 Å². The first-order chi connectivity index (χ1) is 20.4. The van der Waals surface area contributed by atoms with Gasteiger partial charge in [0.2, 0.25) is 12.4 Å². The van der Waals surface area contributed by atoms with Crippen molar-refractivity contribution in [1.82, 2.24) is 24.4 Å². The lowest BCUT2D eigenvalue weighted by Crippen LogP contribution is -2.47. The number of aliphatic hydroxyl groups is 1. The van der Waals surface area contributed by atoms with Crippen molar-refractivity contribution in [3.8, 4) is 11.4 Å². The molecule has 3 heterocycles. The third-order valence-corrected chi connectivity index (χ3v) is 7.40. The van der Waals surface area contributed by atoms with E-state index in [1.54, 1.807) is 12.3 Å². The van der Waals surface area contributed by atoms with Crippen LogP contribution in [0.15, 0.2) is 42.6 Å². The number of aliphatic hydroxyl groups excluding tert-OH is 1. The fourth-order valence-corrected chi connectivity index (χ4v) is 5.37. The Morgan fingerprint density at radius 3 is 2.70 bits per heavy atom. The number of fused-ring (bicyclic) bond motifs is 1. The number of rotatable bonds is 9. The van der Waals surface area contributed by atoms with Gasteiger partial charge >= 0.3 is 0 Å². The minimum Gasteiger partial charge on any atom is -0.356 e. The molecule has 4 aromatic rings. The second-order valence-electron chi connectivity index (χ2n) is 11.5. The molecule has 1 unspecified atom stereocenters. The van der Waals surface area contributed by atoms with E-state index in [1.807, 2.05) is 30.2 Å². The maximum atomic E-state index is 13.7. The van der Waals surface area contributed by atoms with E-state index in [2.05, 4.69) is 10.3 Å². The van der Waals surface area contributed by atoms with Crippen LogP contribution in [0.5, 0.6) is 0 Å². The fourth-order valence-electron chi connectivity index (χ4n) is 5.11. The van der Waals surface area contributed by atoms with Gasteiger partial charge in [0, 0.05) is 43.9 Å². The minimum absolute atomic E-state index is 0.0773.